The number of likely N-dealkylation sites (N-methyl/N-ethyl adjacent to an activating group) is 1. The van der Waals surface area contributed by atoms with Crippen LogP contribution in [-0.2, 0) is 0 Å². The van der Waals surface area contributed by atoms with Crippen molar-refractivity contribution in [3.63, 3.8) is 0 Å². The van der Waals surface area contributed by atoms with Crippen LogP contribution in [0.5, 0.6) is 0 Å². The van der Waals surface area contributed by atoms with Gasteiger partial charge in [-0.05, 0) is 80.5 Å². The van der Waals surface area contributed by atoms with E-state index in [1.165, 1.54) is 69.2 Å². The van der Waals surface area contributed by atoms with Crippen molar-refractivity contribution < 1.29 is 4.79 Å². The molecule has 1 aliphatic heterocycles. The number of aromatic nitrogens is 2. The van der Waals surface area contributed by atoms with E-state index in [-0.39, 0.29) is 17.4 Å². The van der Waals surface area contributed by atoms with Crippen LogP contribution >= 0.6 is 0 Å². The molecule has 2 N–H and O–H groups in total. The van der Waals surface area contributed by atoms with Crippen molar-refractivity contribution in [2.75, 3.05) is 38.5 Å². The van der Waals surface area contributed by atoms with E-state index in [1.807, 2.05) is 6.07 Å². The highest BCUT2D eigenvalue weighted by molar-refractivity contribution is 6.03. The Labute approximate surface area is 220 Å². The number of anilines is 1. The number of nitrogens with zero attached hydrogens (tertiary/aromatic N) is 4. The van der Waals surface area contributed by atoms with E-state index in [0.717, 1.165) is 30.5 Å². The zero-order chi connectivity index (χ0) is 26.0. The molecule has 1 saturated heterocycles. The summed E-state index contributed by atoms with van der Waals surface area (Å²) in [4.78, 5) is 25.1. The molecule has 2 heterocycles. The van der Waals surface area contributed by atoms with E-state index >= 15 is 0 Å². The van der Waals surface area contributed by atoms with Crippen molar-refractivity contribution >= 4 is 17.2 Å². The fourth-order valence-corrected chi connectivity index (χ4v) is 6.16. The van der Waals surface area contributed by atoms with Gasteiger partial charge < -0.3 is 15.2 Å². The van der Waals surface area contributed by atoms with E-state index < -0.39 is 0 Å². The number of amides is 1. The second-order valence-electron chi connectivity index (χ2n) is 12.0. The molecule has 1 saturated carbocycles. The van der Waals surface area contributed by atoms with Crippen LogP contribution in [0.1, 0.15) is 92.2 Å². The number of carbonyl (C=O) groups is 1. The molecule has 2 aromatic rings. The molecule has 7 nitrogen and oxygen atoms in total. The Bertz CT molecular complexity index is 1190. The van der Waals surface area contributed by atoms with Crippen molar-refractivity contribution in [2.45, 2.75) is 70.8 Å². The van der Waals surface area contributed by atoms with E-state index in [0.29, 0.717) is 17.4 Å². The van der Waals surface area contributed by atoms with Crippen molar-refractivity contribution in [3.05, 3.63) is 53.1 Å². The van der Waals surface area contributed by atoms with E-state index in [4.69, 9.17) is 5.26 Å². The highest BCUT2D eigenvalue weighted by atomic mass is 16.2. The highest BCUT2D eigenvalue weighted by Crippen LogP contribution is 2.42. The number of hydrogen-bond donors (Lipinski definition) is 2. The van der Waals surface area contributed by atoms with Crippen molar-refractivity contribution in [3.8, 4) is 6.07 Å². The lowest BCUT2D eigenvalue weighted by atomic mass is 9.76. The first-order valence-corrected chi connectivity index (χ1v) is 13.8. The second-order valence-corrected chi connectivity index (χ2v) is 12.0. The molecule has 3 aliphatic rings. The van der Waals surface area contributed by atoms with Gasteiger partial charge in [-0.3, -0.25) is 9.69 Å². The molecular formula is C30H40N6O. The summed E-state index contributed by atoms with van der Waals surface area (Å²) < 4.78 is 0. The molecule has 196 valence electrons. The summed E-state index contributed by atoms with van der Waals surface area (Å²) in [6.07, 6.45) is 11.8. The van der Waals surface area contributed by atoms with Gasteiger partial charge >= 0.3 is 0 Å². The van der Waals surface area contributed by atoms with Gasteiger partial charge in [0, 0.05) is 43.5 Å². The molecule has 0 spiro atoms. The molecule has 2 aliphatic carbocycles. The molecule has 37 heavy (non-hydrogen) atoms. The Morgan fingerprint density at radius 3 is 2.57 bits per heavy atom. The minimum absolute atomic E-state index is 0.166. The lowest BCUT2D eigenvalue weighted by Gasteiger charge is -2.41. The Kier molecular flexibility index (Phi) is 7.50. The quantitative estimate of drug-likeness (QED) is 0.574. The monoisotopic (exact) mass is 500 g/mol. The molecule has 0 bridgehead atoms. The molecule has 0 unspecified atom stereocenters. The van der Waals surface area contributed by atoms with Gasteiger partial charge in [-0.15, -0.1) is 0 Å². The summed E-state index contributed by atoms with van der Waals surface area (Å²) in [6.45, 7) is 9.33. The topological polar surface area (TPSA) is 88.0 Å². The molecule has 1 aromatic heterocycles. The Hall–Kier alpha value is -2.95. The lowest BCUT2D eigenvalue weighted by molar-refractivity contribution is 0.0878. The van der Waals surface area contributed by atoms with E-state index in [1.54, 1.807) is 0 Å². The summed E-state index contributed by atoms with van der Waals surface area (Å²) in [6, 6.07) is 9.40. The molecule has 2 fully saturated rings. The third-order valence-electron chi connectivity index (χ3n) is 8.74. The van der Waals surface area contributed by atoms with Crippen molar-refractivity contribution in [1.29, 1.82) is 5.26 Å². The Morgan fingerprint density at radius 2 is 1.92 bits per heavy atom. The third-order valence-corrected chi connectivity index (χ3v) is 8.74. The minimum atomic E-state index is -0.310. The Balaban J connectivity index is 1.34. The standard InChI is InChI=1S/C30H40N6O/c1-30(2)12-10-22(11-13-30)26-9-6-23(18-27(26)34-29(37)28-32-20-24(19-31)33-28)21-4-7-25(8-5-21)36-16-14-35(3)15-17-36/h6,9-10,18,20-21,25H,4-5,7-8,11-17H2,1-3H3,(H,32,33)(H,34,37). The highest BCUT2D eigenvalue weighted by Gasteiger charge is 2.29. The average molecular weight is 501 g/mol. The molecule has 0 atom stereocenters. The lowest BCUT2D eigenvalue weighted by Crippen LogP contribution is -2.49. The van der Waals surface area contributed by atoms with Gasteiger partial charge in [0.1, 0.15) is 11.8 Å². The normalized spacial score (nSPS) is 24.8. The smallest absolute Gasteiger partial charge is 0.291 e. The fraction of sp³-hybridized carbons (Fsp3) is 0.567. The Morgan fingerprint density at radius 1 is 1.16 bits per heavy atom. The fourth-order valence-electron chi connectivity index (χ4n) is 6.16. The first-order chi connectivity index (χ1) is 17.8. The molecule has 1 aromatic carbocycles. The number of allylic oxidation sites excluding steroid dienone is 2. The van der Waals surface area contributed by atoms with Crippen LogP contribution in [-0.4, -0.2) is 64.9 Å². The van der Waals surface area contributed by atoms with Gasteiger partial charge in [-0.2, -0.15) is 5.26 Å². The van der Waals surface area contributed by atoms with Crippen LogP contribution in [0, 0.1) is 16.7 Å². The summed E-state index contributed by atoms with van der Waals surface area (Å²) in [7, 11) is 2.22. The van der Waals surface area contributed by atoms with Crippen LogP contribution in [0.25, 0.3) is 5.57 Å². The maximum Gasteiger partial charge on any atom is 0.291 e. The predicted octanol–water partition coefficient (Wildman–Crippen LogP) is 5.40. The average Bonchev–Trinajstić information content (AvgIpc) is 3.39. The van der Waals surface area contributed by atoms with Gasteiger partial charge in [0.15, 0.2) is 5.82 Å². The van der Waals surface area contributed by atoms with E-state index in [2.05, 4.69) is 70.3 Å². The molecule has 7 heteroatoms. The summed E-state index contributed by atoms with van der Waals surface area (Å²) in [5.74, 6) is 0.372. The molecule has 1 amide bonds. The molecule has 5 rings (SSSR count). The maximum atomic E-state index is 13.1. The largest absolute Gasteiger partial charge is 0.326 e. The van der Waals surface area contributed by atoms with Crippen LogP contribution in [0.4, 0.5) is 5.69 Å². The first-order valence-electron chi connectivity index (χ1n) is 13.8. The number of benzene rings is 1. The second kappa shape index (κ2) is 10.8. The van der Waals surface area contributed by atoms with E-state index in [9.17, 15) is 4.79 Å². The number of aromatic amines is 1. The molecule has 0 radical (unpaired) electrons. The summed E-state index contributed by atoms with van der Waals surface area (Å²) >= 11 is 0. The molecular weight excluding hydrogens is 460 g/mol. The first kappa shape index (κ1) is 25.7. The minimum Gasteiger partial charge on any atom is -0.326 e. The van der Waals surface area contributed by atoms with Crippen molar-refractivity contribution in [2.24, 2.45) is 5.41 Å². The van der Waals surface area contributed by atoms with Gasteiger partial charge in [0.2, 0.25) is 0 Å². The summed E-state index contributed by atoms with van der Waals surface area (Å²) in [5.41, 5.74) is 5.17. The van der Waals surface area contributed by atoms with Gasteiger partial charge in [-0.1, -0.05) is 32.1 Å². The number of imidazole rings is 1. The van der Waals surface area contributed by atoms with Crippen LogP contribution in [0.2, 0.25) is 0 Å². The zero-order valence-electron chi connectivity index (χ0n) is 22.5. The number of piperazine rings is 1. The zero-order valence-corrected chi connectivity index (χ0v) is 22.5. The number of carbonyl (C=O) groups excluding carboxylic acids is 1. The number of nitrogens with one attached hydrogen (secondary N) is 2. The number of nitriles is 1. The number of rotatable bonds is 5. The maximum absolute atomic E-state index is 13.1. The SMILES string of the molecule is CN1CCN(C2CCC(c3ccc(C4=CCC(C)(C)CC4)c(NC(=O)c4ncc(C#N)[nH]4)c3)CC2)CC1. The van der Waals surface area contributed by atoms with Gasteiger partial charge in [-0.25, -0.2) is 4.98 Å². The van der Waals surface area contributed by atoms with Crippen LogP contribution < -0.4 is 5.32 Å². The van der Waals surface area contributed by atoms with Crippen molar-refractivity contribution in [1.82, 2.24) is 19.8 Å². The van der Waals surface area contributed by atoms with Gasteiger partial charge in [0.05, 0.1) is 6.20 Å². The van der Waals surface area contributed by atoms with Crippen LogP contribution in [0.3, 0.4) is 0 Å². The number of H-pyrrole nitrogens is 1. The number of hydrogen-bond acceptors (Lipinski definition) is 5. The van der Waals surface area contributed by atoms with Gasteiger partial charge in [0.25, 0.3) is 5.91 Å². The van der Waals surface area contributed by atoms with Crippen LogP contribution in [0.15, 0.2) is 30.5 Å². The summed E-state index contributed by atoms with van der Waals surface area (Å²) in [5, 5.41) is 12.2. The predicted molar refractivity (Wildman–Crippen MR) is 147 cm³/mol. The third kappa shape index (κ3) is 5.97.